The van der Waals surface area contributed by atoms with Crippen LogP contribution in [0.3, 0.4) is 0 Å². The summed E-state index contributed by atoms with van der Waals surface area (Å²) in [7, 11) is -4.08. The zero-order valence-corrected chi connectivity index (χ0v) is 28.5. The van der Waals surface area contributed by atoms with Crippen LogP contribution >= 0.6 is 11.8 Å². The summed E-state index contributed by atoms with van der Waals surface area (Å²) < 4.78 is 28.8. The first kappa shape index (κ1) is 37.5. The van der Waals surface area contributed by atoms with Gasteiger partial charge in [0.1, 0.15) is 6.04 Å². The maximum absolute atomic E-state index is 14.0. The number of rotatable bonds is 18. The highest BCUT2D eigenvalue weighted by molar-refractivity contribution is 7.98. The second-order valence-corrected chi connectivity index (χ2v) is 14.5. The number of nitrogens with zero attached hydrogens (tertiary/aromatic N) is 3. The molecular formula is C34H44N4O7S2. The Morgan fingerprint density at radius 1 is 0.936 bits per heavy atom. The third-order valence-electron chi connectivity index (χ3n) is 7.49. The van der Waals surface area contributed by atoms with Crippen LogP contribution in [0.1, 0.15) is 37.0 Å². The molecule has 0 heterocycles. The molecule has 0 spiro atoms. The third-order valence-corrected chi connectivity index (χ3v) is 9.98. The molecule has 0 aliphatic heterocycles. The number of carbonyl (C=O) groups excluding carboxylic acids is 1. The molecule has 0 saturated carbocycles. The van der Waals surface area contributed by atoms with Crippen molar-refractivity contribution in [2.45, 2.75) is 56.3 Å². The Bertz CT molecular complexity index is 1540. The van der Waals surface area contributed by atoms with E-state index in [1.807, 2.05) is 56.5 Å². The normalized spacial score (nSPS) is 13.8. The number of carbonyl (C=O) groups is 2. The standard InChI is InChI=1S/C34H44N4O7S2/c1-25(2)22-37(47(44,45)29-16-14-27(15-17-29)21-35-43)24-32(39)30(20-26-10-6-4-7-11-26)36-33(40)31(18-19-46-3)38(34(41)42)23-28-12-8-5-9-13-28/h4-17,21,25,30-32,39,43H,18-20,22-24H2,1-3H3,(H,36,40)(H,41,42)/b35-21+/t30-,31-,32+/m0/s1. The van der Waals surface area contributed by atoms with Crippen LogP contribution in [0.4, 0.5) is 4.79 Å². The van der Waals surface area contributed by atoms with Crippen molar-refractivity contribution in [3.8, 4) is 0 Å². The number of nitrogens with one attached hydrogen (secondary N) is 1. The number of sulfonamides is 1. The van der Waals surface area contributed by atoms with Crippen molar-refractivity contribution in [1.29, 1.82) is 0 Å². The molecule has 3 aromatic rings. The van der Waals surface area contributed by atoms with Gasteiger partial charge < -0.3 is 20.7 Å². The number of aliphatic hydroxyl groups is 1. The maximum atomic E-state index is 14.0. The van der Waals surface area contributed by atoms with Crippen LogP contribution in [0.2, 0.25) is 0 Å². The van der Waals surface area contributed by atoms with Gasteiger partial charge in [-0.15, -0.1) is 0 Å². The average Bonchev–Trinajstić information content (AvgIpc) is 3.04. The first-order valence-electron chi connectivity index (χ1n) is 15.3. The van der Waals surface area contributed by atoms with Gasteiger partial charge in [-0.1, -0.05) is 91.8 Å². The third kappa shape index (κ3) is 11.4. The summed E-state index contributed by atoms with van der Waals surface area (Å²) in [5.74, 6) is -0.138. The summed E-state index contributed by atoms with van der Waals surface area (Å²) in [5.41, 5.74) is 2.03. The predicted molar refractivity (Wildman–Crippen MR) is 184 cm³/mol. The van der Waals surface area contributed by atoms with Crippen molar-refractivity contribution in [2.24, 2.45) is 11.1 Å². The number of hydrogen-bond acceptors (Lipinski definition) is 8. The van der Waals surface area contributed by atoms with Crippen LogP contribution in [-0.4, -0.2) is 94.5 Å². The van der Waals surface area contributed by atoms with E-state index in [2.05, 4.69) is 10.5 Å². The molecule has 47 heavy (non-hydrogen) atoms. The number of benzene rings is 3. The highest BCUT2D eigenvalue weighted by atomic mass is 32.2. The van der Waals surface area contributed by atoms with Gasteiger partial charge in [-0.25, -0.2) is 13.2 Å². The number of hydrogen-bond donors (Lipinski definition) is 4. The molecule has 4 N–H and O–H groups in total. The van der Waals surface area contributed by atoms with Gasteiger partial charge in [-0.05, 0) is 59.6 Å². The van der Waals surface area contributed by atoms with E-state index < -0.39 is 40.2 Å². The Labute approximate surface area is 281 Å². The van der Waals surface area contributed by atoms with E-state index in [1.54, 1.807) is 24.3 Å². The number of oxime groups is 1. The summed E-state index contributed by atoms with van der Waals surface area (Å²) in [6.07, 6.45) is 0.880. The van der Waals surface area contributed by atoms with E-state index in [4.69, 9.17) is 5.21 Å². The second kappa shape index (κ2) is 18.4. The van der Waals surface area contributed by atoms with E-state index in [0.29, 0.717) is 11.3 Å². The molecule has 2 amide bonds. The number of aliphatic hydroxyl groups excluding tert-OH is 1. The molecule has 0 saturated heterocycles. The van der Waals surface area contributed by atoms with Gasteiger partial charge in [-0.2, -0.15) is 16.1 Å². The fourth-order valence-corrected chi connectivity index (χ4v) is 7.22. The van der Waals surface area contributed by atoms with Gasteiger partial charge in [0.25, 0.3) is 0 Å². The Morgan fingerprint density at radius 3 is 2.06 bits per heavy atom. The van der Waals surface area contributed by atoms with Gasteiger partial charge in [0.15, 0.2) is 0 Å². The quantitative estimate of drug-likeness (QED) is 0.0864. The van der Waals surface area contributed by atoms with Crippen molar-refractivity contribution in [2.75, 3.05) is 25.1 Å². The Kier molecular flexibility index (Phi) is 14.7. The summed E-state index contributed by atoms with van der Waals surface area (Å²) >= 11 is 1.49. The number of carboxylic acid groups (broad SMARTS) is 1. The lowest BCUT2D eigenvalue weighted by Gasteiger charge is -2.33. The van der Waals surface area contributed by atoms with Gasteiger partial charge >= 0.3 is 6.09 Å². The summed E-state index contributed by atoms with van der Waals surface area (Å²) in [6, 6.07) is 22.0. The summed E-state index contributed by atoms with van der Waals surface area (Å²) in [4.78, 5) is 27.5. The molecule has 3 aromatic carbocycles. The van der Waals surface area contributed by atoms with Crippen molar-refractivity contribution in [1.82, 2.24) is 14.5 Å². The van der Waals surface area contributed by atoms with Crippen molar-refractivity contribution in [3.63, 3.8) is 0 Å². The van der Waals surface area contributed by atoms with E-state index in [-0.39, 0.29) is 43.3 Å². The smallest absolute Gasteiger partial charge is 0.408 e. The summed E-state index contributed by atoms with van der Waals surface area (Å²) in [6.45, 7) is 3.51. The van der Waals surface area contributed by atoms with Crippen LogP contribution < -0.4 is 5.32 Å². The lowest BCUT2D eigenvalue weighted by Crippen LogP contribution is -2.56. The topological polar surface area (TPSA) is 160 Å². The molecule has 0 fully saturated rings. The highest BCUT2D eigenvalue weighted by Gasteiger charge is 2.35. The fraction of sp³-hybridized carbons (Fsp3) is 0.382. The van der Waals surface area contributed by atoms with E-state index in [1.165, 1.54) is 46.5 Å². The summed E-state index contributed by atoms with van der Waals surface area (Å²) in [5, 5.41) is 36.5. The van der Waals surface area contributed by atoms with E-state index in [9.17, 15) is 28.2 Å². The highest BCUT2D eigenvalue weighted by Crippen LogP contribution is 2.21. The zero-order chi connectivity index (χ0) is 34.4. The zero-order valence-electron chi connectivity index (χ0n) is 26.8. The fourth-order valence-electron chi connectivity index (χ4n) is 5.13. The van der Waals surface area contributed by atoms with Crippen LogP contribution in [0.15, 0.2) is 95.0 Å². The lowest BCUT2D eigenvalue weighted by atomic mass is 10.00. The van der Waals surface area contributed by atoms with Gasteiger partial charge in [0.05, 0.1) is 23.3 Å². The maximum Gasteiger partial charge on any atom is 0.408 e. The molecule has 3 atom stereocenters. The predicted octanol–water partition coefficient (Wildman–Crippen LogP) is 4.53. The Balaban J connectivity index is 1.94. The average molecular weight is 685 g/mol. The minimum Gasteiger partial charge on any atom is -0.465 e. The SMILES string of the molecule is CSCC[C@@H](C(=O)N[C@@H](Cc1ccccc1)[C@H](O)CN(CC(C)C)S(=O)(=O)c1ccc(/C=N/O)cc1)N(Cc1ccccc1)C(=O)O. The second-order valence-electron chi connectivity index (χ2n) is 11.6. The minimum atomic E-state index is -4.08. The first-order valence-corrected chi connectivity index (χ1v) is 18.1. The molecule has 0 bridgehead atoms. The van der Waals surface area contributed by atoms with Gasteiger partial charge in [0, 0.05) is 19.6 Å². The van der Waals surface area contributed by atoms with Crippen LogP contribution in [0.25, 0.3) is 0 Å². The molecule has 0 aliphatic rings. The molecule has 0 radical (unpaired) electrons. The Hall–Kier alpha value is -3.91. The van der Waals surface area contributed by atoms with Crippen LogP contribution in [-0.2, 0) is 27.8 Å². The number of thioether (sulfide) groups is 1. The molecule has 0 aromatic heterocycles. The molecule has 254 valence electrons. The lowest BCUT2D eigenvalue weighted by molar-refractivity contribution is -0.127. The molecule has 11 nitrogen and oxygen atoms in total. The van der Waals surface area contributed by atoms with E-state index >= 15 is 0 Å². The molecule has 0 aliphatic carbocycles. The van der Waals surface area contributed by atoms with E-state index in [0.717, 1.165) is 16.0 Å². The van der Waals surface area contributed by atoms with Gasteiger partial charge in [0.2, 0.25) is 15.9 Å². The van der Waals surface area contributed by atoms with Crippen molar-refractivity contribution >= 4 is 40.0 Å². The van der Waals surface area contributed by atoms with Crippen molar-refractivity contribution in [3.05, 3.63) is 102 Å². The molecule has 3 rings (SSSR count). The molecular weight excluding hydrogens is 641 g/mol. The molecule has 0 unspecified atom stereocenters. The minimum absolute atomic E-state index is 0.000716. The monoisotopic (exact) mass is 684 g/mol. The largest absolute Gasteiger partial charge is 0.465 e. The Morgan fingerprint density at radius 2 is 1.53 bits per heavy atom. The van der Waals surface area contributed by atoms with Crippen LogP contribution in [0.5, 0.6) is 0 Å². The molecule has 13 heteroatoms. The number of amides is 2. The van der Waals surface area contributed by atoms with Crippen LogP contribution in [0, 0.1) is 5.92 Å². The van der Waals surface area contributed by atoms with Gasteiger partial charge in [-0.3, -0.25) is 9.69 Å². The first-order chi connectivity index (χ1) is 22.5. The van der Waals surface area contributed by atoms with Crippen molar-refractivity contribution < 1.29 is 33.4 Å².